The molecule has 0 aliphatic heterocycles. The van der Waals surface area contributed by atoms with Gasteiger partial charge in [-0.15, -0.1) is 0 Å². The minimum absolute atomic E-state index is 0.171. The summed E-state index contributed by atoms with van der Waals surface area (Å²) in [4.78, 5) is 12.6. The highest BCUT2D eigenvalue weighted by Crippen LogP contribution is 2.33. The van der Waals surface area contributed by atoms with Gasteiger partial charge in [-0.1, -0.05) is 30.6 Å². The molecule has 1 aliphatic carbocycles. The van der Waals surface area contributed by atoms with Gasteiger partial charge in [-0.05, 0) is 49.4 Å². The van der Waals surface area contributed by atoms with Gasteiger partial charge in [0.15, 0.2) is 5.13 Å². The van der Waals surface area contributed by atoms with Gasteiger partial charge < -0.3 is 10.1 Å². The van der Waals surface area contributed by atoms with Crippen LogP contribution >= 0.6 is 22.9 Å². The van der Waals surface area contributed by atoms with E-state index in [1.807, 2.05) is 18.2 Å². The number of nitrogens with zero attached hydrogens (tertiary/aromatic N) is 3. The summed E-state index contributed by atoms with van der Waals surface area (Å²) in [5.74, 6) is 1.89. The van der Waals surface area contributed by atoms with E-state index in [1.165, 1.54) is 32.1 Å². The molecule has 136 valence electrons. The molecule has 0 amide bonds. The Labute approximate surface area is 161 Å². The molecule has 1 aromatic carbocycles. The Morgan fingerprint density at radius 2 is 2.04 bits per heavy atom. The van der Waals surface area contributed by atoms with Crippen molar-refractivity contribution < 1.29 is 4.74 Å². The van der Waals surface area contributed by atoms with Crippen LogP contribution in [0.2, 0.25) is 5.28 Å². The fourth-order valence-corrected chi connectivity index (χ4v) is 4.60. The van der Waals surface area contributed by atoms with Gasteiger partial charge in [0.2, 0.25) is 11.2 Å². The Kier molecular flexibility index (Phi) is 5.22. The van der Waals surface area contributed by atoms with Crippen molar-refractivity contribution in [1.29, 1.82) is 0 Å². The minimum atomic E-state index is 0.171. The SMILES string of the molecule is CC(Nc1nc2ccc(Oc3ccnc(Cl)n3)cc2s1)C1CCCCC1. The molecule has 1 fully saturated rings. The lowest BCUT2D eigenvalue weighted by molar-refractivity contribution is 0.328. The van der Waals surface area contributed by atoms with E-state index in [1.54, 1.807) is 23.6 Å². The normalized spacial score (nSPS) is 16.5. The fourth-order valence-electron chi connectivity index (χ4n) is 3.47. The molecule has 2 aromatic heterocycles. The number of benzene rings is 1. The molecule has 26 heavy (non-hydrogen) atoms. The molecule has 1 saturated carbocycles. The first-order valence-electron chi connectivity index (χ1n) is 9.01. The average Bonchev–Trinajstić information content (AvgIpc) is 3.04. The van der Waals surface area contributed by atoms with Crippen LogP contribution in [0.3, 0.4) is 0 Å². The van der Waals surface area contributed by atoms with Crippen molar-refractivity contribution in [3.63, 3.8) is 0 Å². The van der Waals surface area contributed by atoms with Crippen LogP contribution in [0.15, 0.2) is 30.5 Å². The topological polar surface area (TPSA) is 59.9 Å². The van der Waals surface area contributed by atoms with Crippen molar-refractivity contribution in [2.24, 2.45) is 5.92 Å². The summed E-state index contributed by atoms with van der Waals surface area (Å²) in [7, 11) is 0. The number of nitrogens with one attached hydrogen (secondary N) is 1. The molecule has 2 heterocycles. The molecule has 0 saturated heterocycles. The summed E-state index contributed by atoms with van der Waals surface area (Å²) < 4.78 is 6.86. The Bertz CT molecular complexity index is 894. The second-order valence-electron chi connectivity index (χ2n) is 6.75. The maximum Gasteiger partial charge on any atom is 0.225 e. The van der Waals surface area contributed by atoms with E-state index >= 15 is 0 Å². The van der Waals surface area contributed by atoms with E-state index in [9.17, 15) is 0 Å². The van der Waals surface area contributed by atoms with Gasteiger partial charge in [0, 0.05) is 24.4 Å². The van der Waals surface area contributed by atoms with Gasteiger partial charge in [-0.25, -0.2) is 9.97 Å². The van der Waals surface area contributed by atoms with E-state index in [2.05, 4.69) is 22.2 Å². The number of thiazole rings is 1. The van der Waals surface area contributed by atoms with Gasteiger partial charge in [-0.2, -0.15) is 4.98 Å². The molecule has 5 nitrogen and oxygen atoms in total. The first-order valence-corrected chi connectivity index (χ1v) is 10.2. The molecule has 7 heteroatoms. The largest absolute Gasteiger partial charge is 0.439 e. The molecule has 4 rings (SSSR count). The van der Waals surface area contributed by atoms with Crippen molar-refractivity contribution >= 4 is 38.3 Å². The highest BCUT2D eigenvalue weighted by Gasteiger charge is 2.20. The van der Waals surface area contributed by atoms with Gasteiger partial charge in [0.05, 0.1) is 10.2 Å². The zero-order chi connectivity index (χ0) is 17.9. The predicted molar refractivity (Wildman–Crippen MR) is 106 cm³/mol. The number of anilines is 1. The number of fused-ring (bicyclic) bond motifs is 1. The zero-order valence-corrected chi connectivity index (χ0v) is 16.2. The zero-order valence-electron chi connectivity index (χ0n) is 14.6. The van der Waals surface area contributed by atoms with Crippen LogP contribution in [-0.2, 0) is 0 Å². The first kappa shape index (κ1) is 17.5. The van der Waals surface area contributed by atoms with E-state index in [0.717, 1.165) is 21.3 Å². The predicted octanol–water partition coefficient (Wildman–Crippen LogP) is 5.91. The lowest BCUT2D eigenvalue weighted by Crippen LogP contribution is -2.27. The van der Waals surface area contributed by atoms with Crippen LogP contribution in [0.1, 0.15) is 39.0 Å². The number of hydrogen-bond donors (Lipinski definition) is 1. The molecule has 1 atom stereocenters. The molecule has 0 bridgehead atoms. The van der Waals surface area contributed by atoms with Crippen molar-refractivity contribution in [2.75, 3.05) is 5.32 Å². The van der Waals surface area contributed by atoms with Crippen molar-refractivity contribution in [3.05, 3.63) is 35.7 Å². The van der Waals surface area contributed by atoms with Crippen LogP contribution in [0.4, 0.5) is 5.13 Å². The lowest BCUT2D eigenvalue weighted by atomic mass is 9.85. The molecule has 3 aromatic rings. The summed E-state index contributed by atoms with van der Waals surface area (Å²) in [6.07, 6.45) is 8.29. The molecule has 1 N–H and O–H groups in total. The number of ether oxygens (including phenoxy) is 1. The second-order valence-corrected chi connectivity index (χ2v) is 8.11. The third-order valence-corrected chi connectivity index (χ3v) is 6.02. The van der Waals surface area contributed by atoms with Crippen molar-refractivity contribution in [3.8, 4) is 11.6 Å². The number of halogens is 1. The molecule has 1 aliphatic rings. The summed E-state index contributed by atoms with van der Waals surface area (Å²) in [6, 6.07) is 7.99. The highest BCUT2D eigenvalue weighted by molar-refractivity contribution is 7.22. The maximum absolute atomic E-state index is 5.80. The van der Waals surface area contributed by atoms with E-state index in [-0.39, 0.29) is 5.28 Å². The smallest absolute Gasteiger partial charge is 0.225 e. The minimum Gasteiger partial charge on any atom is -0.439 e. The molecule has 0 radical (unpaired) electrons. The monoisotopic (exact) mass is 388 g/mol. The van der Waals surface area contributed by atoms with Gasteiger partial charge in [0.25, 0.3) is 0 Å². The number of hydrogen-bond acceptors (Lipinski definition) is 6. The number of rotatable bonds is 5. The van der Waals surface area contributed by atoms with Gasteiger partial charge in [0.1, 0.15) is 5.75 Å². The van der Waals surface area contributed by atoms with Gasteiger partial charge in [-0.3, -0.25) is 0 Å². The summed E-state index contributed by atoms with van der Waals surface area (Å²) >= 11 is 7.46. The molecule has 0 spiro atoms. The third kappa shape index (κ3) is 4.07. The van der Waals surface area contributed by atoms with E-state index in [0.29, 0.717) is 17.7 Å². The van der Waals surface area contributed by atoms with Crippen LogP contribution < -0.4 is 10.1 Å². The Balaban J connectivity index is 1.48. The third-order valence-electron chi connectivity index (χ3n) is 4.89. The Morgan fingerprint density at radius 3 is 2.85 bits per heavy atom. The quantitative estimate of drug-likeness (QED) is 0.550. The van der Waals surface area contributed by atoms with Crippen LogP contribution in [0, 0.1) is 5.92 Å². The first-order chi connectivity index (χ1) is 12.7. The molecular weight excluding hydrogens is 368 g/mol. The average molecular weight is 389 g/mol. The standard InChI is InChI=1S/C19H21ClN4OS/c1-12(13-5-3-2-4-6-13)22-19-23-15-8-7-14(11-16(15)26-19)25-17-9-10-21-18(20)24-17/h7-13H,2-6H2,1H3,(H,22,23). The molecule has 1 unspecified atom stereocenters. The maximum atomic E-state index is 5.80. The fraction of sp³-hybridized carbons (Fsp3) is 0.421. The molecular formula is C19H21ClN4OS. The lowest BCUT2D eigenvalue weighted by Gasteiger charge is -2.28. The summed E-state index contributed by atoms with van der Waals surface area (Å²) in [6.45, 7) is 2.27. The van der Waals surface area contributed by atoms with Gasteiger partial charge >= 0.3 is 0 Å². The summed E-state index contributed by atoms with van der Waals surface area (Å²) in [5.41, 5.74) is 0.974. The Morgan fingerprint density at radius 1 is 1.19 bits per heavy atom. The van der Waals surface area contributed by atoms with Crippen LogP contribution in [0.5, 0.6) is 11.6 Å². The van der Waals surface area contributed by atoms with Crippen LogP contribution in [-0.4, -0.2) is 21.0 Å². The van der Waals surface area contributed by atoms with E-state index in [4.69, 9.17) is 21.3 Å². The Hall–Kier alpha value is -1.92. The highest BCUT2D eigenvalue weighted by atomic mass is 35.5. The van der Waals surface area contributed by atoms with E-state index < -0.39 is 0 Å². The van der Waals surface area contributed by atoms with Crippen LogP contribution in [0.25, 0.3) is 10.2 Å². The van der Waals surface area contributed by atoms with Crippen molar-refractivity contribution in [2.45, 2.75) is 45.1 Å². The second kappa shape index (κ2) is 7.76. The van der Waals surface area contributed by atoms with Crippen molar-refractivity contribution in [1.82, 2.24) is 15.0 Å². The number of aromatic nitrogens is 3. The summed E-state index contributed by atoms with van der Waals surface area (Å²) in [5, 5.41) is 4.75.